The molecule has 1 aromatic carbocycles. The summed E-state index contributed by atoms with van der Waals surface area (Å²) in [6, 6.07) is 4.45. The molecule has 0 unspecified atom stereocenters. The molecule has 4 nitrogen and oxygen atoms in total. The molecule has 1 aromatic rings. The van der Waals surface area contributed by atoms with Crippen LogP contribution < -0.4 is 10.0 Å². The number of anilines is 1. The van der Waals surface area contributed by atoms with Crippen LogP contribution in [0.15, 0.2) is 22.7 Å². The van der Waals surface area contributed by atoms with Gasteiger partial charge in [-0.05, 0) is 47.1 Å². The van der Waals surface area contributed by atoms with E-state index < -0.39 is 15.8 Å². The Balaban J connectivity index is 2.52. The fourth-order valence-electron chi connectivity index (χ4n) is 1.44. The van der Waals surface area contributed by atoms with Gasteiger partial charge in [0.1, 0.15) is 5.82 Å². The lowest BCUT2D eigenvalue weighted by Gasteiger charge is -2.10. The molecule has 0 aliphatic carbocycles. The van der Waals surface area contributed by atoms with Crippen LogP contribution in [0.2, 0.25) is 0 Å². The number of hydrogen-bond donors (Lipinski definition) is 2. The van der Waals surface area contributed by atoms with E-state index in [1.807, 2.05) is 13.8 Å². The number of sulfonamides is 1. The first kappa shape index (κ1) is 16.4. The third-order valence-corrected chi connectivity index (χ3v) is 4.35. The van der Waals surface area contributed by atoms with Crippen molar-refractivity contribution in [3.05, 3.63) is 28.5 Å². The van der Waals surface area contributed by atoms with E-state index in [2.05, 4.69) is 26.0 Å². The summed E-state index contributed by atoms with van der Waals surface area (Å²) >= 11 is 3.01. The topological polar surface area (TPSA) is 58.2 Å². The van der Waals surface area contributed by atoms with Crippen LogP contribution in [0.1, 0.15) is 20.3 Å². The van der Waals surface area contributed by atoms with Gasteiger partial charge in [0.25, 0.3) is 0 Å². The molecule has 1 rings (SSSR count). The average Bonchev–Trinajstić information content (AvgIpc) is 2.29. The monoisotopic (exact) mass is 352 g/mol. The molecular weight excluding hydrogens is 335 g/mol. The van der Waals surface area contributed by atoms with E-state index in [-0.39, 0.29) is 11.4 Å². The lowest BCUT2D eigenvalue weighted by atomic mass is 10.3. The van der Waals surface area contributed by atoms with E-state index >= 15 is 0 Å². The molecule has 0 amide bonds. The number of nitrogens with one attached hydrogen (secondary N) is 2. The normalized spacial score (nSPS) is 11.8. The van der Waals surface area contributed by atoms with Crippen LogP contribution in [-0.4, -0.2) is 26.8 Å². The van der Waals surface area contributed by atoms with Crippen LogP contribution >= 0.6 is 15.9 Å². The second-order valence-electron chi connectivity index (χ2n) is 4.51. The van der Waals surface area contributed by atoms with Crippen molar-refractivity contribution in [1.29, 1.82) is 0 Å². The Hall–Kier alpha value is -0.660. The SMILES string of the molecule is CC(C)NCCCS(=O)(=O)Nc1ccc(Br)c(F)c1. The van der Waals surface area contributed by atoms with Gasteiger partial charge in [-0.3, -0.25) is 4.72 Å². The third-order valence-electron chi connectivity index (χ3n) is 2.34. The summed E-state index contributed by atoms with van der Waals surface area (Å²) in [5.41, 5.74) is 0.234. The summed E-state index contributed by atoms with van der Waals surface area (Å²) in [4.78, 5) is 0. The molecule has 7 heteroatoms. The molecule has 0 aromatic heterocycles. The van der Waals surface area contributed by atoms with Gasteiger partial charge < -0.3 is 5.32 Å². The Morgan fingerprint density at radius 2 is 2.05 bits per heavy atom. The minimum Gasteiger partial charge on any atom is -0.314 e. The molecule has 2 N–H and O–H groups in total. The van der Waals surface area contributed by atoms with Gasteiger partial charge in [-0.25, -0.2) is 12.8 Å². The molecule has 0 bridgehead atoms. The van der Waals surface area contributed by atoms with E-state index in [1.54, 1.807) is 0 Å². The Labute approximate surface area is 122 Å². The first-order valence-corrected chi connectivity index (χ1v) is 8.43. The average molecular weight is 353 g/mol. The Morgan fingerprint density at radius 3 is 2.63 bits per heavy atom. The van der Waals surface area contributed by atoms with E-state index in [0.717, 1.165) is 6.07 Å². The first-order chi connectivity index (χ1) is 8.80. The molecular formula is C12H18BrFN2O2S. The molecule has 0 saturated carbocycles. The predicted molar refractivity (Wildman–Crippen MR) is 79.3 cm³/mol. The Bertz CT molecular complexity index is 520. The van der Waals surface area contributed by atoms with Gasteiger partial charge in [-0.1, -0.05) is 13.8 Å². The van der Waals surface area contributed by atoms with Crippen LogP contribution in [0.5, 0.6) is 0 Å². The smallest absolute Gasteiger partial charge is 0.232 e. The predicted octanol–water partition coefficient (Wildman–Crippen LogP) is 2.72. The maximum absolute atomic E-state index is 13.3. The third kappa shape index (κ3) is 6.35. The van der Waals surface area contributed by atoms with Gasteiger partial charge >= 0.3 is 0 Å². The molecule has 108 valence electrons. The van der Waals surface area contributed by atoms with Crippen molar-refractivity contribution >= 4 is 31.6 Å². The highest BCUT2D eigenvalue weighted by atomic mass is 79.9. The van der Waals surface area contributed by atoms with Gasteiger partial charge in [-0.15, -0.1) is 0 Å². The minimum absolute atomic E-state index is 0.00437. The van der Waals surface area contributed by atoms with Gasteiger partial charge in [0, 0.05) is 6.04 Å². The highest BCUT2D eigenvalue weighted by Gasteiger charge is 2.11. The second kappa shape index (κ2) is 7.21. The zero-order chi connectivity index (χ0) is 14.5. The Kier molecular flexibility index (Phi) is 6.22. The van der Waals surface area contributed by atoms with Crippen molar-refractivity contribution < 1.29 is 12.8 Å². The van der Waals surface area contributed by atoms with Gasteiger partial charge in [0.05, 0.1) is 15.9 Å². The highest BCUT2D eigenvalue weighted by molar-refractivity contribution is 9.10. The van der Waals surface area contributed by atoms with Crippen LogP contribution in [0, 0.1) is 5.82 Å². The van der Waals surface area contributed by atoms with Gasteiger partial charge in [-0.2, -0.15) is 0 Å². The van der Waals surface area contributed by atoms with Crippen LogP contribution in [0.4, 0.5) is 10.1 Å². The molecule has 0 heterocycles. The van der Waals surface area contributed by atoms with Crippen molar-refractivity contribution in [2.45, 2.75) is 26.3 Å². The van der Waals surface area contributed by atoms with Crippen LogP contribution in [0.3, 0.4) is 0 Å². The van der Waals surface area contributed by atoms with E-state index in [0.29, 0.717) is 23.5 Å². The molecule has 0 atom stereocenters. The van der Waals surface area contributed by atoms with Crippen molar-refractivity contribution in [2.24, 2.45) is 0 Å². The maximum Gasteiger partial charge on any atom is 0.232 e. The largest absolute Gasteiger partial charge is 0.314 e. The van der Waals surface area contributed by atoms with E-state index in [4.69, 9.17) is 0 Å². The zero-order valence-electron chi connectivity index (χ0n) is 10.9. The lowest BCUT2D eigenvalue weighted by Crippen LogP contribution is -2.26. The van der Waals surface area contributed by atoms with Gasteiger partial charge in [0.2, 0.25) is 10.0 Å². The number of halogens is 2. The van der Waals surface area contributed by atoms with Crippen molar-refractivity contribution in [1.82, 2.24) is 5.32 Å². The maximum atomic E-state index is 13.3. The van der Waals surface area contributed by atoms with Crippen molar-refractivity contribution in [2.75, 3.05) is 17.0 Å². The first-order valence-electron chi connectivity index (χ1n) is 5.99. The number of rotatable bonds is 7. The summed E-state index contributed by atoms with van der Waals surface area (Å²) in [5.74, 6) is -0.494. The fourth-order valence-corrected chi connectivity index (χ4v) is 2.80. The van der Waals surface area contributed by atoms with E-state index in [1.165, 1.54) is 12.1 Å². The minimum atomic E-state index is -3.43. The molecule has 0 fully saturated rings. The van der Waals surface area contributed by atoms with Crippen LogP contribution in [-0.2, 0) is 10.0 Å². The summed E-state index contributed by atoms with van der Waals surface area (Å²) in [5, 5.41) is 3.14. The lowest BCUT2D eigenvalue weighted by molar-refractivity contribution is 0.571. The number of hydrogen-bond acceptors (Lipinski definition) is 3. The fraction of sp³-hybridized carbons (Fsp3) is 0.500. The summed E-state index contributed by atoms with van der Waals surface area (Å²) in [6.07, 6.45) is 0.506. The standard InChI is InChI=1S/C12H18BrFN2O2S/c1-9(2)15-6-3-7-19(17,18)16-10-4-5-11(13)12(14)8-10/h4-5,8-9,15-16H,3,6-7H2,1-2H3. The van der Waals surface area contributed by atoms with E-state index in [9.17, 15) is 12.8 Å². The summed E-state index contributed by atoms with van der Waals surface area (Å²) in [6.45, 7) is 4.63. The molecule has 0 saturated heterocycles. The number of benzene rings is 1. The highest BCUT2D eigenvalue weighted by Crippen LogP contribution is 2.20. The Morgan fingerprint density at radius 1 is 1.37 bits per heavy atom. The van der Waals surface area contributed by atoms with Gasteiger partial charge in [0.15, 0.2) is 0 Å². The summed E-state index contributed by atoms with van der Waals surface area (Å²) < 4.78 is 39.5. The molecule has 0 spiro atoms. The molecule has 0 aliphatic rings. The van der Waals surface area contributed by atoms with Crippen molar-refractivity contribution in [3.8, 4) is 0 Å². The molecule has 0 radical (unpaired) electrons. The van der Waals surface area contributed by atoms with Crippen LogP contribution in [0.25, 0.3) is 0 Å². The quantitative estimate of drug-likeness (QED) is 0.741. The second-order valence-corrected chi connectivity index (χ2v) is 7.21. The van der Waals surface area contributed by atoms with Crippen molar-refractivity contribution in [3.63, 3.8) is 0 Å². The molecule has 0 aliphatic heterocycles. The summed E-state index contributed by atoms with van der Waals surface area (Å²) in [7, 11) is -3.43. The zero-order valence-corrected chi connectivity index (χ0v) is 13.3. The molecule has 19 heavy (non-hydrogen) atoms.